The van der Waals surface area contributed by atoms with Crippen LogP contribution in [0.4, 0.5) is 35.3 Å². The largest absolute Gasteiger partial charge is 0.408 e. The first-order valence-electron chi connectivity index (χ1n) is 8.88. The highest BCUT2D eigenvalue weighted by Gasteiger charge is 2.41. The first-order valence-corrected chi connectivity index (χ1v) is 9.72. The predicted octanol–water partition coefficient (Wildman–Crippen LogP) is 2.85. The average molecular weight is 426 g/mol. The van der Waals surface area contributed by atoms with Crippen LogP contribution in [0, 0.1) is 0 Å². The molecule has 8 nitrogen and oxygen atoms in total. The van der Waals surface area contributed by atoms with Crippen LogP contribution >= 0.6 is 11.5 Å². The summed E-state index contributed by atoms with van der Waals surface area (Å²) in [7, 11) is 0. The number of hydrogen-bond acceptors (Lipinski definition) is 6. The van der Waals surface area contributed by atoms with E-state index >= 15 is 0 Å². The van der Waals surface area contributed by atoms with Crippen LogP contribution in [0.2, 0.25) is 0 Å². The van der Waals surface area contributed by atoms with Crippen LogP contribution in [0.25, 0.3) is 0 Å². The molecular formula is C17H17F3N6O2S. The molecule has 154 valence electrons. The molecule has 1 unspecified atom stereocenters. The van der Waals surface area contributed by atoms with Gasteiger partial charge in [0.25, 0.3) is 5.91 Å². The number of anilines is 3. The monoisotopic (exact) mass is 426 g/mol. The number of pyridine rings is 1. The molecule has 2 atom stereocenters. The van der Waals surface area contributed by atoms with Crippen LogP contribution in [-0.2, 0) is 0 Å². The molecule has 0 aromatic carbocycles. The molecule has 2 aliphatic rings. The molecule has 4 rings (SSSR count). The third-order valence-electron chi connectivity index (χ3n) is 4.91. The summed E-state index contributed by atoms with van der Waals surface area (Å²) in [6.45, 7) is 2.20. The number of aromatic nitrogens is 2. The van der Waals surface area contributed by atoms with E-state index in [0.717, 1.165) is 13.5 Å². The van der Waals surface area contributed by atoms with E-state index in [1.165, 1.54) is 22.5 Å². The van der Waals surface area contributed by atoms with Crippen molar-refractivity contribution in [3.05, 3.63) is 29.3 Å². The molecule has 1 fully saturated rings. The smallest absolute Gasteiger partial charge is 0.366 e. The van der Waals surface area contributed by atoms with Gasteiger partial charge in [-0.2, -0.15) is 17.5 Å². The Morgan fingerprint density at radius 1 is 1.31 bits per heavy atom. The third kappa shape index (κ3) is 3.71. The normalized spacial score (nSPS) is 19.0. The molecule has 2 N–H and O–H groups in total. The number of urea groups is 1. The van der Waals surface area contributed by atoms with Gasteiger partial charge in [0, 0.05) is 18.5 Å². The number of amides is 3. The first kappa shape index (κ1) is 19.4. The van der Waals surface area contributed by atoms with Crippen molar-refractivity contribution < 1.29 is 22.8 Å². The van der Waals surface area contributed by atoms with Gasteiger partial charge in [0.15, 0.2) is 5.82 Å². The van der Waals surface area contributed by atoms with E-state index in [0.29, 0.717) is 24.5 Å². The standard InChI is InChI=1S/C17H17F3N6O2S/c1-9(17(18,19)20)21-15(27)11-2-3-12-14(22-11)26(10-4-6-25(12)8-10)16(28)23-13-5-7-29-24-13/h2-3,5,7,9-10H,4,6,8H2,1H3,(H,21,27)(H,23,24,28)/t9-,10?/m1/s1. The van der Waals surface area contributed by atoms with E-state index in [2.05, 4.69) is 14.7 Å². The molecule has 0 saturated carbocycles. The van der Waals surface area contributed by atoms with Crippen molar-refractivity contribution in [1.29, 1.82) is 0 Å². The number of nitrogens with one attached hydrogen (secondary N) is 2. The molecule has 3 amide bonds. The summed E-state index contributed by atoms with van der Waals surface area (Å²) >= 11 is 1.19. The molecule has 0 spiro atoms. The van der Waals surface area contributed by atoms with Gasteiger partial charge in [-0.1, -0.05) is 0 Å². The maximum Gasteiger partial charge on any atom is 0.408 e. The topological polar surface area (TPSA) is 90.5 Å². The second-order valence-corrected chi connectivity index (χ2v) is 7.51. The molecule has 0 aliphatic carbocycles. The molecule has 2 bridgehead atoms. The quantitative estimate of drug-likeness (QED) is 0.788. The van der Waals surface area contributed by atoms with Gasteiger partial charge in [-0.15, -0.1) is 0 Å². The Bertz CT molecular complexity index is 936. The van der Waals surface area contributed by atoms with Gasteiger partial charge in [-0.25, -0.2) is 9.78 Å². The predicted molar refractivity (Wildman–Crippen MR) is 101 cm³/mol. The van der Waals surface area contributed by atoms with E-state index in [-0.39, 0.29) is 17.6 Å². The number of rotatable bonds is 3. The Morgan fingerprint density at radius 3 is 2.79 bits per heavy atom. The van der Waals surface area contributed by atoms with Crippen molar-refractivity contribution in [2.75, 3.05) is 28.2 Å². The van der Waals surface area contributed by atoms with Gasteiger partial charge in [-0.05, 0) is 43.1 Å². The molecule has 0 radical (unpaired) electrons. The summed E-state index contributed by atoms with van der Waals surface area (Å²) in [5.41, 5.74) is 0.474. The number of alkyl halides is 3. The summed E-state index contributed by atoms with van der Waals surface area (Å²) in [6, 6.07) is 2.02. The summed E-state index contributed by atoms with van der Waals surface area (Å²) in [4.78, 5) is 32.9. The second kappa shape index (κ2) is 7.17. The Balaban J connectivity index is 1.63. The second-order valence-electron chi connectivity index (χ2n) is 6.85. The number of nitrogens with zero attached hydrogens (tertiary/aromatic N) is 4. The number of carbonyl (C=O) groups is 2. The average Bonchev–Trinajstić information content (AvgIpc) is 3.31. The van der Waals surface area contributed by atoms with Crippen molar-refractivity contribution >= 4 is 40.8 Å². The van der Waals surface area contributed by atoms with Gasteiger partial charge in [0.1, 0.15) is 17.6 Å². The van der Waals surface area contributed by atoms with Gasteiger partial charge in [-0.3, -0.25) is 15.0 Å². The highest BCUT2D eigenvalue weighted by molar-refractivity contribution is 7.03. The Hall–Kier alpha value is -2.89. The van der Waals surface area contributed by atoms with Gasteiger partial charge >= 0.3 is 12.2 Å². The molecule has 2 aromatic rings. The summed E-state index contributed by atoms with van der Waals surface area (Å²) in [5.74, 6) is -0.306. The molecule has 1 saturated heterocycles. The molecular weight excluding hydrogens is 409 g/mol. The minimum absolute atomic E-state index is 0.152. The minimum atomic E-state index is -4.56. The summed E-state index contributed by atoms with van der Waals surface area (Å²) in [6.07, 6.45) is -3.85. The van der Waals surface area contributed by atoms with Crippen molar-refractivity contribution in [3.8, 4) is 0 Å². The van der Waals surface area contributed by atoms with Crippen LogP contribution in [0.15, 0.2) is 23.6 Å². The first-order chi connectivity index (χ1) is 13.7. The molecule has 12 heteroatoms. The van der Waals surface area contributed by atoms with Crippen LogP contribution in [0.1, 0.15) is 23.8 Å². The number of fused-ring (bicyclic) bond motifs is 4. The molecule has 29 heavy (non-hydrogen) atoms. The van der Waals surface area contributed by atoms with Gasteiger partial charge in [0.05, 0.1) is 11.7 Å². The van der Waals surface area contributed by atoms with Gasteiger partial charge in [0.2, 0.25) is 0 Å². The fourth-order valence-electron chi connectivity index (χ4n) is 3.40. The van der Waals surface area contributed by atoms with Crippen molar-refractivity contribution in [2.45, 2.75) is 31.6 Å². The number of halogens is 3. The SMILES string of the molecule is C[C@@H](NC(=O)c1ccc2c(n1)N(C(=O)Nc1ccsn1)C1CCN2C1)C(F)(F)F. The molecule has 2 aliphatic heterocycles. The fraction of sp³-hybridized carbons (Fsp3) is 0.412. The highest BCUT2D eigenvalue weighted by atomic mass is 32.1. The van der Waals surface area contributed by atoms with Crippen molar-refractivity contribution in [2.24, 2.45) is 0 Å². The fourth-order valence-corrected chi connectivity index (χ4v) is 3.87. The van der Waals surface area contributed by atoms with E-state index in [9.17, 15) is 22.8 Å². The zero-order valence-electron chi connectivity index (χ0n) is 15.2. The van der Waals surface area contributed by atoms with Crippen LogP contribution in [0.3, 0.4) is 0 Å². The molecule has 4 heterocycles. The lowest BCUT2D eigenvalue weighted by molar-refractivity contribution is -0.149. The maximum atomic E-state index is 12.9. The zero-order valence-corrected chi connectivity index (χ0v) is 16.0. The van der Waals surface area contributed by atoms with Gasteiger partial charge < -0.3 is 10.2 Å². The summed E-state index contributed by atoms with van der Waals surface area (Å²) < 4.78 is 42.3. The Morgan fingerprint density at radius 2 is 2.10 bits per heavy atom. The highest BCUT2D eigenvalue weighted by Crippen LogP contribution is 2.39. The van der Waals surface area contributed by atoms with E-state index < -0.39 is 24.2 Å². The van der Waals surface area contributed by atoms with Crippen molar-refractivity contribution in [3.63, 3.8) is 0 Å². The van der Waals surface area contributed by atoms with E-state index in [4.69, 9.17) is 0 Å². The van der Waals surface area contributed by atoms with E-state index in [1.54, 1.807) is 17.5 Å². The number of carbonyl (C=O) groups excluding carboxylic acids is 2. The van der Waals surface area contributed by atoms with Crippen LogP contribution in [-0.4, -0.2) is 52.6 Å². The molecule has 2 aromatic heterocycles. The van der Waals surface area contributed by atoms with Crippen LogP contribution in [0.5, 0.6) is 0 Å². The lowest BCUT2D eigenvalue weighted by Crippen LogP contribution is -2.49. The van der Waals surface area contributed by atoms with Crippen LogP contribution < -0.4 is 20.4 Å². The Kier molecular flexibility index (Phi) is 4.81. The minimum Gasteiger partial charge on any atom is -0.366 e. The van der Waals surface area contributed by atoms with E-state index in [1.807, 2.05) is 10.2 Å². The summed E-state index contributed by atoms with van der Waals surface area (Å²) in [5, 5.41) is 6.31. The van der Waals surface area contributed by atoms with Crippen molar-refractivity contribution in [1.82, 2.24) is 14.7 Å². The maximum absolute atomic E-state index is 12.9. The number of hydrogen-bond donors (Lipinski definition) is 2. The lowest BCUT2D eigenvalue weighted by Gasteiger charge is -2.35. The lowest BCUT2D eigenvalue weighted by atomic mass is 10.1. The Labute approximate surface area is 167 Å². The third-order valence-corrected chi connectivity index (χ3v) is 5.47. The zero-order chi connectivity index (χ0) is 20.8.